The van der Waals surface area contributed by atoms with Crippen molar-refractivity contribution >= 4 is 11.7 Å². The third-order valence-electron chi connectivity index (χ3n) is 4.06. The van der Waals surface area contributed by atoms with Crippen molar-refractivity contribution in [3.8, 4) is 0 Å². The first-order valence-electron chi connectivity index (χ1n) is 7.57. The molecule has 0 spiro atoms. The largest absolute Gasteiger partial charge is 0.386 e. The maximum Gasteiger partial charge on any atom is 0.269 e. The maximum absolute atomic E-state index is 12.1. The zero-order chi connectivity index (χ0) is 16.3. The van der Waals surface area contributed by atoms with Crippen LogP contribution in [0.3, 0.4) is 0 Å². The van der Waals surface area contributed by atoms with E-state index in [0.29, 0.717) is 18.7 Å². The Balaban J connectivity index is 1.62. The molecule has 1 saturated heterocycles. The van der Waals surface area contributed by atoms with E-state index in [1.807, 2.05) is 4.90 Å². The average molecular weight is 316 g/mol. The van der Waals surface area contributed by atoms with Gasteiger partial charge in [-0.2, -0.15) is 5.10 Å². The molecule has 1 atom stereocenters. The summed E-state index contributed by atoms with van der Waals surface area (Å²) < 4.78 is 1.51. The van der Waals surface area contributed by atoms with Gasteiger partial charge in [0.25, 0.3) is 5.91 Å². The highest BCUT2D eigenvalue weighted by atomic mass is 16.3. The lowest BCUT2D eigenvalue weighted by atomic mass is 9.92. The summed E-state index contributed by atoms with van der Waals surface area (Å²) in [6.07, 6.45) is 7.96. The summed E-state index contributed by atoms with van der Waals surface area (Å²) in [4.78, 5) is 22.5. The zero-order valence-corrected chi connectivity index (χ0v) is 13.0. The molecule has 8 nitrogen and oxygen atoms in total. The van der Waals surface area contributed by atoms with Crippen LogP contribution in [0, 0.1) is 0 Å². The van der Waals surface area contributed by atoms with Crippen LogP contribution in [0.5, 0.6) is 0 Å². The van der Waals surface area contributed by atoms with Gasteiger partial charge >= 0.3 is 0 Å². The van der Waals surface area contributed by atoms with Gasteiger partial charge in [-0.1, -0.05) is 0 Å². The Morgan fingerprint density at radius 2 is 2.30 bits per heavy atom. The van der Waals surface area contributed by atoms with Crippen LogP contribution in [0.15, 0.2) is 30.9 Å². The van der Waals surface area contributed by atoms with E-state index < -0.39 is 5.60 Å². The molecule has 3 rings (SSSR count). The quantitative estimate of drug-likeness (QED) is 0.822. The van der Waals surface area contributed by atoms with Gasteiger partial charge in [0.2, 0.25) is 0 Å². The molecule has 1 aliphatic rings. The van der Waals surface area contributed by atoms with Gasteiger partial charge in [0, 0.05) is 45.3 Å². The van der Waals surface area contributed by atoms with E-state index in [1.165, 1.54) is 4.68 Å². The van der Waals surface area contributed by atoms with Gasteiger partial charge in [0.1, 0.15) is 11.5 Å². The second-order valence-corrected chi connectivity index (χ2v) is 5.84. The van der Waals surface area contributed by atoms with Gasteiger partial charge < -0.3 is 15.3 Å². The monoisotopic (exact) mass is 316 g/mol. The molecule has 0 radical (unpaired) electrons. The summed E-state index contributed by atoms with van der Waals surface area (Å²) in [5.74, 6) is 0.499. The fraction of sp³-hybridized carbons (Fsp3) is 0.467. The molecule has 2 aromatic rings. The summed E-state index contributed by atoms with van der Waals surface area (Å²) in [6, 6.07) is 1.64. The van der Waals surface area contributed by atoms with E-state index in [-0.39, 0.29) is 12.5 Å². The minimum absolute atomic E-state index is 0.188. The van der Waals surface area contributed by atoms with Crippen molar-refractivity contribution in [2.45, 2.75) is 18.4 Å². The summed E-state index contributed by atoms with van der Waals surface area (Å²) in [7, 11) is 1.71. The molecule has 0 saturated carbocycles. The first-order chi connectivity index (χ1) is 11.1. The molecule has 0 bridgehead atoms. The lowest BCUT2D eigenvalue weighted by Crippen LogP contribution is -2.54. The van der Waals surface area contributed by atoms with Crippen LogP contribution in [-0.2, 0) is 7.05 Å². The second kappa shape index (κ2) is 6.33. The van der Waals surface area contributed by atoms with Gasteiger partial charge in [0.15, 0.2) is 0 Å². The fourth-order valence-electron chi connectivity index (χ4n) is 2.84. The third-order valence-corrected chi connectivity index (χ3v) is 4.06. The number of carbonyl (C=O) groups excluding carboxylic acids is 1. The standard InChI is InChI=1S/C15H20N6O2/c1-20-12(3-5-19-20)14(22)18-10-15(23)4-2-8-21(11-15)13-9-16-6-7-17-13/h3,5-7,9,23H,2,4,8,10-11H2,1H3,(H,18,22)/t15-/m1/s1. The van der Waals surface area contributed by atoms with Crippen LogP contribution in [0.1, 0.15) is 23.3 Å². The first-order valence-corrected chi connectivity index (χ1v) is 7.57. The molecule has 23 heavy (non-hydrogen) atoms. The molecule has 3 heterocycles. The Kier molecular flexibility index (Phi) is 4.24. The summed E-state index contributed by atoms with van der Waals surface area (Å²) in [6.45, 7) is 1.42. The lowest BCUT2D eigenvalue weighted by molar-refractivity contribution is 0.0253. The molecule has 0 unspecified atom stereocenters. The number of anilines is 1. The molecule has 2 N–H and O–H groups in total. The predicted octanol–water partition coefficient (Wildman–Crippen LogP) is -0.0286. The number of piperidine rings is 1. The van der Waals surface area contributed by atoms with Gasteiger partial charge in [-0.05, 0) is 18.9 Å². The molecular weight excluding hydrogens is 296 g/mol. The Labute approximate surface area is 134 Å². The number of carbonyl (C=O) groups is 1. The first kappa shape index (κ1) is 15.4. The molecule has 1 aliphatic heterocycles. The number of amides is 1. The number of aryl methyl sites for hydroxylation is 1. The van der Waals surface area contributed by atoms with E-state index >= 15 is 0 Å². The smallest absolute Gasteiger partial charge is 0.269 e. The van der Waals surface area contributed by atoms with Crippen molar-refractivity contribution in [2.75, 3.05) is 24.5 Å². The van der Waals surface area contributed by atoms with Crippen molar-refractivity contribution in [1.29, 1.82) is 0 Å². The van der Waals surface area contributed by atoms with Crippen LogP contribution >= 0.6 is 0 Å². The van der Waals surface area contributed by atoms with Crippen LogP contribution in [0.25, 0.3) is 0 Å². The van der Waals surface area contributed by atoms with Crippen molar-refractivity contribution in [1.82, 2.24) is 25.1 Å². The predicted molar refractivity (Wildman–Crippen MR) is 84.0 cm³/mol. The van der Waals surface area contributed by atoms with Crippen molar-refractivity contribution in [2.24, 2.45) is 7.05 Å². The Morgan fingerprint density at radius 1 is 1.43 bits per heavy atom. The number of rotatable bonds is 4. The summed E-state index contributed by atoms with van der Waals surface area (Å²) in [5.41, 5.74) is -0.514. The second-order valence-electron chi connectivity index (χ2n) is 5.84. The zero-order valence-electron chi connectivity index (χ0n) is 13.0. The summed E-state index contributed by atoms with van der Waals surface area (Å²) >= 11 is 0. The molecular formula is C15H20N6O2. The SMILES string of the molecule is Cn1nccc1C(=O)NC[C@]1(O)CCCN(c2cnccn2)C1. The number of β-amino-alcohol motifs (C(OH)–C–C–N with tert-alkyl or cyclic N) is 1. The highest BCUT2D eigenvalue weighted by Crippen LogP contribution is 2.24. The molecule has 0 aliphatic carbocycles. The number of nitrogens with zero attached hydrogens (tertiary/aromatic N) is 5. The molecule has 1 fully saturated rings. The minimum atomic E-state index is -0.982. The third kappa shape index (κ3) is 3.48. The highest BCUT2D eigenvalue weighted by Gasteiger charge is 2.34. The van der Waals surface area contributed by atoms with Gasteiger partial charge in [-0.15, -0.1) is 0 Å². The number of aliphatic hydroxyl groups is 1. The van der Waals surface area contributed by atoms with Crippen molar-refractivity contribution < 1.29 is 9.90 Å². The van der Waals surface area contributed by atoms with Gasteiger partial charge in [0.05, 0.1) is 11.8 Å². The number of hydrogen-bond acceptors (Lipinski definition) is 6. The van der Waals surface area contributed by atoms with E-state index in [2.05, 4.69) is 20.4 Å². The van der Waals surface area contributed by atoms with E-state index in [1.54, 1.807) is 37.9 Å². The Hall–Kier alpha value is -2.48. The van der Waals surface area contributed by atoms with Crippen LogP contribution in [-0.4, -0.2) is 56.0 Å². The number of hydrogen-bond donors (Lipinski definition) is 2. The van der Waals surface area contributed by atoms with E-state index in [9.17, 15) is 9.90 Å². The minimum Gasteiger partial charge on any atom is -0.386 e. The van der Waals surface area contributed by atoms with Gasteiger partial charge in [-0.3, -0.25) is 14.5 Å². The van der Waals surface area contributed by atoms with Crippen LogP contribution < -0.4 is 10.2 Å². The Morgan fingerprint density at radius 3 is 3.00 bits per heavy atom. The van der Waals surface area contributed by atoms with Crippen molar-refractivity contribution in [3.05, 3.63) is 36.5 Å². The van der Waals surface area contributed by atoms with Crippen LogP contribution in [0.4, 0.5) is 5.82 Å². The molecule has 8 heteroatoms. The normalized spacial score (nSPS) is 21.2. The Bertz CT molecular complexity index is 674. The molecule has 122 valence electrons. The average Bonchev–Trinajstić information content (AvgIpc) is 3.00. The number of nitrogens with one attached hydrogen (secondary N) is 1. The fourth-order valence-corrected chi connectivity index (χ4v) is 2.84. The topological polar surface area (TPSA) is 96.2 Å². The number of aromatic nitrogens is 4. The molecule has 0 aromatic carbocycles. The van der Waals surface area contributed by atoms with Gasteiger partial charge in [-0.25, -0.2) is 4.98 Å². The summed E-state index contributed by atoms with van der Waals surface area (Å²) in [5, 5.41) is 17.6. The van der Waals surface area contributed by atoms with E-state index in [4.69, 9.17) is 0 Å². The van der Waals surface area contributed by atoms with Crippen molar-refractivity contribution in [3.63, 3.8) is 0 Å². The van der Waals surface area contributed by atoms with Crippen LogP contribution in [0.2, 0.25) is 0 Å². The molecule has 2 aromatic heterocycles. The molecule has 1 amide bonds. The maximum atomic E-state index is 12.1. The lowest BCUT2D eigenvalue weighted by Gasteiger charge is -2.39. The van der Waals surface area contributed by atoms with E-state index in [0.717, 1.165) is 18.8 Å². The highest BCUT2D eigenvalue weighted by molar-refractivity contribution is 5.92.